The molecule has 2 aromatic heterocycles. The van der Waals surface area contributed by atoms with E-state index >= 15 is 0 Å². The second kappa shape index (κ2) is 6.41. The summed E-state index contributed by atoms with van der Waals surface area (Å²) < 4.78 is 0. The first-order valence-electron chi connectivity index (χ1n) is 7.47. The van der Waals surface area contributed by atoms with Crippen LogP contribution >= 0.6 is 0 Å². The summed E-state index contributed by atoms with van der Waals surface area (Å²) in [6.07, 6.45) is 3.46. The van der Waals surface area contributed by atoms with Crippen LogP contribution < -0.4 is 4.90 Å². The van der Waals surface area contributed by atoms with Crippen molar-refractivity contribution >= 4 is 16.7 Å². The minimum absolute atomic E-state index is 0.0712. The lowest BCUT2D eigenvalue weighted by Crippen LogP contribution is -2.24. The quantitative estimate of drug-likeness (QED) is 0.740. The molecule has 2 heterocycles. The maximum atomic E-state index is 9.06. The molecule has 0 radical (unpaired) electrons. The molecule has 3 rings (SSSR count). The van der Waals surface area contributed by atoms with Crippen LogP contribution in [-0.4, -0.2) is 28.5 Å². The molecule has 3 aromatic rings. The maximum absolute atomic E-state index is 9.06. The lowest BCUT2D eigenvalue weighted by atomic mass is 10.1. The predicted molar refractivity (Wildman–Crippen MR) is 90.8 cm³/mol. The number of pyridine rings is 1. The van der Waals surface area contributed by atoms with Gasteiger partial charge in [0.25, 0.3) is 0 Å². The molecule has 0 unspecified atom stereocenters. The summed E-state index contributed by atoms with van der Waals surface area (Å²) in [4.78, 5) is 15.4. The zero-order valence-electron chi connectivity index (χ0n) is 13.1. The highest BCUT2D eigenvalue weighted by atomic mass is 15.2. The van der Waals surface area contributed by atoms with E-state index in [0.29, 0.717) is 12.4 Å². The molecule has 23 heavy (non-hydrogen) atoms. The topological polar surface area (TPSA) is 65.7 Å². The van der Waals surface area contributed by atoms with Crippen molar-refractivity contribution in [1.29, 1.82) is 5.26 Å². The van der Waals surface area contributed by atoms with E-state index in [1.165, 1.54) is 0 Å². The van der Waals surface area contributed by atoms with Crippen LogP contribution in [0.25, 0.3) is 22.3 Å². The fourth-order valence-electron chi connectivity index (χ4n) is 2.52. The van der Waals surface area contributed by atoms with E-state index in [9.17, 15) is 0 Å². The van der Waals surface area contributed by atoms with Crippen LogP contribution in [0.1, 0.15) is 6.92 Å². The lowest BCUT2D eigenvalue weighted by molar-refractivity contribution is 0.712. The van der Waals surface area contributed by atoms with Crippen molar-refractivity contribution in [2.75, 3.05) is 18.5 Å². The van der Waals surface area contributed by atoms with Crippen molar-refractivity contribution in [3.8, 4) is 17.5 Å². The Labute approximate surface area is 135 Å². The molecule has 5 heteroatoms. The van der Waals surface area contributed by atoms with Gasteiger partial charge < -0.3 is 4.90 Å². The van der Waals surface area contributed by atoms with E-state index in [-0.39, 0.29) is 5.92 Å². The number of hydrogen-bond acceptors (Lipinski definition) is 5. The standard InChI is InChI=1S/C18H17N5/c1-13(11-19)12-23(2)18-15-5-3-4-6-16(15)21-17(22-18)14-7-9-20-10-8-14/h3-10,13H,12H2,1-2H3/t13-/m1/s1. The summed E-state index contributed by atoms with van der Waals surface area (Å²) in [6, 6.07) is 14.0. The Morgan fingerprint density at radius 2 is 1.87 bits per heavy atom. The van der Waals surface area contributed by atoms with Gasteiger partial charge in [-0.25, -0.2) is 9.97 Å². The molecule has 0 aliphatic carbocycles. The van der Waals surface area contributed by atoms with E-state index in [2.05, 4.69) is 16.0 Å². The highest BCUT2D eigenvalue weighted by molar-refractivity contribution is 5.90. The van der Waals surface area contributed by atoms with Crippen LogP contribution in [-0.2, 0) is 0 Å². The van der Waals surface area contributed by atoms with Gasteiger partial charge in [-0.2, -0.15) is 5.26 Å². The molecule has 0 spiro atoms. The number of nitrogens with zero attached hydrogens (tertiary/aromatic N) is 5. The Morgan fingerprint density at radius 1 is 1.13 bits per heavy atom. The Hall–Kier alpha value is -3.00. The number of anilines is 1. The molecule has 0 aliphatic rings. The first-order chi connectivity index (χ1) is 11.2. The second-order valence-corrected chi connectivity index (χ2v) is 5.53. The van der Waals surface area contributed by atoms with Crippen LogP contribution in [0.4, 0.5) is 5.82 Å². The van der Waals surface area contributed by atoms with Gasteiger partial charge in [-0.1, -0.05) is 12.1 Å². The predicted octanol–water partition coefficient (Wildman–Crippen LogP) is 3.29. The molecule has 114 valence electrons. The average Bonchev–Trinajstić information content (AvgIpc) is 2.61. The van der Waals surface area contributed by atoms with Crippen LogP contribution in [0.3, 0.4) is 0 Å². The van der Waals surface area contributed by atoms with Gasteiger partial charge >= 0.3 is 0 Å². The van der Waals surface area contributed by atoms with Gasteiger partial charge in [-0.05, 0) is 31.2 Å². The van der Waals surface area contributed by atoms with Gasteiger partial charge in [0.2, 0.25) is 0 Å². The average molecular weight is 303 g/mol. The normalized spacial score (nSPS) is 11.9. The molecule has 0 aliphatic heterocycles. The molecule has 0 fully saturated rings. The van der Waals surface area contributed by atoms with Crippen molar-refractivity contribution in [2.45, 2.75) is 6.92 Å². The maximum Gasteiger partial charge on any atom is 0.162 e. The number of para-hydroxylation sites is 1. The molecular weight excluding hydrogens is 286 g/mol. The van der Waals surface area contributed by atoms with Gasteiger partial charge in [0.15, 0.2) is 5.82 Å². The highest BCUT2D eigenvalue weighted by Gasteiger charge is 2.14. The third kappa shape index (κ3) is 3.11. The van der Waals surface area contributed by atoms with Gasteiger partial charge in [-0.15, -0.1) is 0 Å². The summed E-state index contributed by atoms with van der Waals surface area (Å²) in [7, 11) is 1.96. The van der Waals surface area contributed by atoms with Crippen molar-refractivity contribution in [3.05, 3.63) is 48.8 Å². The van der Waals surface area contributed by atoms with Crippen LogP contribution in [0, 0.1) is 17.2 Å². The number of fused-ring (bicyclic) bond motifs is 1. The number of benzene rings is 1. The fourth-order valence-corrected chi connectivity index (χ4v) is 2.52. The molecule has 5 nitrogen and oxygen atoms in total. The van der Waals surface area contributed by atoms with Crippen molar-refractivity contribution in [1.82, 2.24) is 15.0 Å². The Kier molecular flexibility index (Phi) is 4.15. The zero-order chi connectivity index (χ0) is 16.2. The summed E-state index contributed by atoms with van der Waals surface area (Å²) in [5.41, 5.74) is 1.81. The number of aromatic nitrogens is 3. The molecule has 0 N–H and O–H groups in total. The zero-order valence-corrected chi connectivity index (χ0v) is 13.1. The third-order valence-corrected chi connectivity index (χ3v) is 3.65. The molecule has 1 atom stereocenters. The minimum atomic E-state index is -0.0712. The van der Waals surface area contributed by atoms with Gasteiger partial charge in [0.1, 0.15) is 5.82 Å². The summed E-state index contributed by atoms with van der Waals surface area (Å²) in [5.74, 6) is 1.43. The largest absolute Gasteiger partial charge is 0.358 e. The van der Waals surface area contributed by atoms with Crippen molar-refractivity contribution in [2.24, 2.45) is 5.92 Å². The Morgan fingerprint density at radius 3 is 2.61 bits per heavy atom. The molecule has 0 bridgehead atoms. The first kappa shape index (κ1) is 14.9. The summed E-state index contributed by atoms with van der Waals surface area (Å²) >= 11 is 0. The van der Waals surface area contributed by atoms with E-state index in [1.54, 1.807) is 12.4 Å². The third-order valence-electron chi connectivity index (χ3n) is 3.65. The van der Waals surface area contributed by atoms with E-state index in [0.717, 1.165) is 22.3 Å². The molecule has 1 aromatic carbocycles. The lowest BCUT2D eigenvalue weighted by Gasteiger charge is -2.21. The fraction of sp³-hybridized carbons (Fsp3) is 0.222. The minimum Gasteiger partial charge on any atom is -0.358 e. The molecule has 0 amide bonds. The smallest absolute Gasteiger partial charge is 0.162 e. The van der Waals surface area contributed by atoms with Gasteiger partial charge in [0.05, 0.1) is 17.5 Å². The first-order valence-corrected chi connectivity index (χ1v) is 7.47. The van der Waals surface area contributed by atoms with Crippen LogP contribution in [0.15, 0.2) is 48.8 Å². The second-order valence-electron chi connectivity index (χ2n) is 5.53. The monoisotopic (exact) mass is 303 g/mol. The molecule has 0 saturated heterocycles. The SMILES string of the molecule is C[C@H](C#N)CN(C)c1nc(-c2ccncc2)nc2ccccc12. The van der Waals surface area contributed by atoms with E-state index in [1.807, 2.05) is 55.3 Å². The van der Waals surface area contributed by atoms with Crippen LogP contribution in [0.5, 0.6) is 0 Å². The summed E-state index contributed by atoms with van der Waals surface area (Å²) in [5, 5.41) is 10.0. The van der Waals surface area contributed by atoms with Gasteiger partial charge in [0, 0.05) is 36.9 Å². The Bertz CT molecular complexity index is 854. The summed E-state index contributed by atoms with van der Waals surface area (Å²) in [6.45, 7) is 2.52. The number of rotatable bonds is 4. The van der Waals surface area contributed by atoms with Gasteiger partial charge in [-0.3, -0.25) is 4.98 Å². The Balaban J connectivity index is 2.13. The van der Waals surface area contributed by atoms with E-state index in [4.69, 9.17) is 10.2 Å². The number of nitriles is 1. The van der Waals surface area contributed by atoms with E-state index < -0.39 is 0 Å². The van der Waals surface area contributed by atoms with Crippen LogP contribution in [0.2, 0.25) is 0 Å². The molecule has 0 saturated carbocycles. The molecular formula is C18H17N5. The number of hydrogen-bond donors (Lipinski definition) is 0. The van der Waals surface area contributed by atoms with Crippen molar-refractivity contribution in [3.63, 3.8) is 0 Å². The van der Waals surface area contributed by atoms with Crippen molar-refractivity contribution < 1.29 is 0 Å². The highest BCUT2D eigenvalue weighted by Crippen LogP contribution is 2.27.